The van der Waals surface area contributed by atoms with Crippen LogP contribution < -0.4 is 15.8 Å². The van der Waals surface area contributed by atoms with Gasteiger partial charge in [0.05, 0.1) is 34.3 Å². The van der Waals surface area contributed by atoms with Gasteiger partial charge in [-0.1, -0.05) is 12.1 Å². The average molecular weight is 398 g/mol. The molecule has 0 saturated heterocycles. The highest BCUT2D eigenvalue weighted by Gasteiger charge is 2.19. The summed E-state index contributed by atoms with van der Waals surface area (Å²) in [4.78, 5) is 32.8. The second kappa shape index (κ2) is 7.76. The predicted molar refractivity (Wildman–Crippen MR) is 105 cm³/mol. The fourth-order valence-corrected chi connectivity index (χ4v) is 2.61. The molecular weight excluding hydrogens is 384 g/mol. The molecular formula is C18H14N4O7. The van der Waals surface area contributed by atoms with Crippen molar-refractivity contribution in [1.29, 1.82) is 0 Å². The van der Waals surface area contributed by atoms with E-state index in [1.165, 1.54) is 20.1 Å². The van der Waals surface area contributed by atoms with E-state index in [0.29, 0.717) is 11.1 Å². The Morgan fingerprint density at radius 1 is 1.14 bits per heavy atom. The minimum absolute atomic E-state index is 0.0632. The molecule has 0 aliphatic heterocycles. The summed E-state index contributed by atoms with van der Waals surface area (Å²) >= 11 is 0. The molecule has 1 heterocycles. The molecule has 0 fully saturated rings. The normalized spacial score (nSPS) is 11.3. The van der Waals surface area contributed by atoms with E-state index in [0.717, 1.165) is 12.1 Å². The maximum absolute atomic E-state index is 12.3. The number of anilines is 1. The van der Waals surface area contributed by atoms with Crippen LogP contribution in [0.15, 0.2) is 56.8 Å². The third kappa shape index (κ3) is 3.88. The van der Waals surface area contributed by atoms with Crippen LogP contribution in [0.1, 0.15) is 12.5 Å². The first-order valence-corrected chi connectivity index (χ1v) is 8.16. The van der Waals surface area contributed by atoms with Crippen LogP contribution in [0.4, 0.5) is 17.1 Å². The molecule has 0 spiro atoms. The minimum Gasteiger partial charge on any atom is -0.493 e. The molecule has 0 bridgehead atoms. The number of non-ortho nitro benzene ring substituents is 1. The van der Waals surface area contributed by atoms with Gasteiger partial charge in [-0.2, -0.15) is 5.10 Å². The van der Waals surface area contributed by atoms with Crippen molar-refractivity contribution in [2.45, 2.75) is 6.92 Å². The van der Waals surface area contributed by atoms with Gasteiger partial charge in [0, 0.05) is 11.5 Å². The lowest BCUT2D eigenvalue weighted by Crippen LogP contribution is -2.13. The summed E-state index contributed by atoms with van der Waals surface area (Å²) in [5, 5.41) is 26.6. The van der Waals surface area contributed by atoms with Gasteiger partial charge < -0.3 is 9.15 Å². The summed E-state index contributed by atoms with van der Waals surface area (Å²) in [5.41, 5.74) is 1.44. The number of nitro benzene ring substituents is 2. The number of hydrazone groups is 1. The Bertz CT molecular complexity index is 1220. The summed E-state index contributed by atoms with van der Waals surface area (Å²) < 4.78 is 10.5. The summed E-state index contributed by atoms with van der Waals surface area (Å²) in [7, 11) is 1.45. The molecule has 0 aliphatic rings. The lowest BCUT2D eigenvalue weighted by Gasteiger charge is -2.06. The number of benzene rings is 2. The highest BCUT2D eigenvalue weighted by Crippen LogP contribution is 2.29. The summed E-state index contributed by atoms with van der Waals surface area (Å²) in [6.07, 6.45) is 0. The molecule has 0 amide bonds. The first kappa shape index (κ1) is 19.5. The van der Waals surface area contributed by atoms with E-state index < -0.39 is 26.8 Å². The number of para-hydroxylation sites is 1. The molecule has 2 aromatic carbocycles. The van der Waals surface area contributed by atoms with Crippen molar-refractivity contribution in [3.05, 3.63) is 78.7 Å². The van der Waals surface area contributed by atoms with E-state index in [-0.39, 0.29) is 22.5 Å². The van der Waals surface area contributed by atoms with Crippen molar-refractivity contribution >= 4 is 33.7 Å². The van der Waals surface area contributed by atoms with Crippen LogP contribution in [0.5, 0.6) is 5.75 Å². The predicted octanol–water partition coefficient (Wildman–Crippen LogP) is 3.45. The monoisotopic (exact) mass is 398 g/mol. The summed E-state index contributed by atoms with van der Waals surface area (Å²) in [6.45, 7) is 1.52. The van der Waals surface area contributed by atoms with Gasteiger partial charge in [0.1, 0.15) is 5.69 Å². The Morgan fingerprint density at radius 3 is 2.55 bits per heavy atom. The second-order valence-corrected chi connectivity index (χ2v) is 5.85. The SMILES string of the molecule is COc1cccc2cc(/C(C)=N/Nc3ccc([N+](=O)[O-])cc3[N+](=O)[O-])c(=O)oc12. The van der Waals surface area contributed by atoms with E-state index in [1.807, 2.05) is 0 Å². The van der Waals surface area contributed by atoms with Gasteiger partial charge in [-0.05, 0) is 25.1 Å². The molecule has 1 N–H and O–H groups in total. The Morgan fingerprint density at radius 2 is 1.90 bits per heavy atom. The van der Waals surface area contributed by atoms with Crippen LogP contribution in [0.25, 0.3) is 11.0 Å². The molecule has 3 rings (SSSR count). The zero-order valence-corrected chi connectivity index (χ0v) is 15.2. The number of ether oxygens (including phenoxy) is 1. The van der Waals surface area contributed by atoms with Crippen LogP contribution in [-0.4, -0.2) is 22.7 Å². The molecule has 3 aromatic rings. The van der Waals surface area contributed by atoms with Crippen molar-refractivity contribution in [3.63, 3.8) is 0 Å². The number of nitrogens with zero attached hydrogens (tertiary/aromatic N) is 3. The van der Waals surface area contributed by atoms with Crippen molar-refractivity contribution < 1.29 is 19.0 Å². The third-order valence-electron chi connectivity index (χ3n) is 4.07. The molecule has 0 saturated carbocycles. The maximum Gasteiger partial charge on any atom is 0.345 e. The van der Waals surface area contributed by atoms with Crippen LogP contribution in [-0.2, 0) is 0 Å². The molecule has 29 heavy (non-hydrogen) atoms. The zero-order valence-electron chi connectivity index (χ0n) is 15.2. The topological polar surface area (TPSA) is 150 Å². The molecule has 0 aliphatic carbocycles. The van der Waals surface area contributed by atoms with Crippen molar-refractivity contribution in [1.82, 2.24) is 0 Å². The van der Waals surface area contributed by atoms with Gasteiger partial charge in [-0.25, -0.2) is 4.79 Å². The molecule has 11 nitrogen and oxygen atoms in total. The van der Waals surface area contributed by atoms with Crippen LogP contribution in [0, 0.1) is 20.2 Å². The molecule has 0 atom stereocenters. The first-order valence-electron chi connectivity index (χ1n) is 8.16. The fraction of sp³-hybridized carbons (Fsp3) is 0.111. The Labute approximate surface area is 162 Å². The van der Waals surface area contributed by atoms with Gasteiger partial charge >= 0.3 is 11.3 Å². The van der Waals surface area contributed by atoms with Gasteiger partial charge in [-0.15, -0.1) is 0 Å². The number of hydrogen-bond donors (Lipinski definition) is 1. The largest absolute Gasteiger partial charge is 0.493 e. The number of hydrogen-bond acceptors (Lipinski definition) is 9. The van der Waals surface area contributed by atoms with Crippen LogP contribution >= 0.6 is 0 Å². The van der Waals surface area contributed by atoms with Crippen molar-refractivity contribution in [3.8, 4) is 5.75 Å². The van der Waals surface area contributed by atoms with E-state index in [4.69, 9.17) is 9.15 Å². The van der Waals surface area contributed by atoms with Crippen molar-refractivity contribution in [2.24, 2.45) is 5.10 Å². The quantitative estimate of drug-likeness (QED) is 0.287. The highest BCUT2D eigenvalue weighted by atomic mass is 16.6. The second-order valence-electron chi connectivity index (χ2n) is 5.85. The maximum atomic E-state index is 12.3. The Kier molecular flexibility index (Phi) is 5.21. The fourth-order valence-electron chi connectivity index (χ4n) is 2.61. The lowest BCUT2D eigenvalue weighted by molar-refractivity contribution is -0.393. The summed E-state index contributed by atoms with van der Waals surface area (Å²) in [5.74, 6) is 0.403. The van der Waals surface area contributed by atoms with Crippen LogP contribution in [0.3, 0.4) is 0 Å². The smallest absolute Gasteiger partial charge is 0.345 e. The standard InChI is InChI=1S/C18H14N4O7/c1-10(13-8-11-4-3-5-16(28-2)17(11)29-18(13)23)19-20-14-7-6-12(21(24)25)9-15(14)22(26)27/h3-9,20H,1-2H3/b19-10+. The molecule has 0 unspecified atom stereocenters. The average Bonchev–Trinajstić information content (AvgIpc) is 2.70. The number of rotatable bonds is 6. The molecule has 1 aromatic heterocycles. The number of fused-ring (bicyclic) bond motifs is 1. The highest BCUT2D eigenvalue weighted by molar-refractivity contribution is 6.01. The van der Waals surface area contributed by atoms with E-state index in [2.05, 4.69) is 10.5 Å². The van der Waals surface area contributed by atoms with Crippen LogP contribution in [0.2, 0.25) is 0 Å². The number of nitro groups is 2. The molecule has 0 radical (unpaired) electrons. The van der Waals surface area contributed by atoms with Gasteiger partial charge in [0.25, 0.3) is 5.69 Å². The summed E-state index contributed by atoms with van der Waals surface area (Å²) in [6, 6.07) is 9.78. The van der Waals surface area contributed by atoms with Gasteiger partial charge in [0.2, 0.25) is 0 Å². The zero-order chi connectivity index (χ0) is 21.1. The van der Waals surface area contributed by atoms with Gasteiger partial charge in [-0.3, -0.25) is 25.7 Å². The first-order chi connectivity index (χ1) is 13.8. The Hall–Kier alpha value is -4.28. The van der Waals surface area contributed by atoms with Crippen molar-refractivity contribution in [2.75, 3.05) is 12.5 Å². The Balaban J connectivity index is 1.98. The molecule has 148 valence electrons. The lowest BCUT2D eigenvalue weighted by atomic mass is 10.1. The minimum atomic E-state index is -0.767. The number of nitrogens with one attached hydrogen (secondary N) is 1. The van der Waals surface area contributed by atoms with E-state index >= 15 is 0 Å². The third-order valence-corrected chi connectivity index (χ3v) is 4.07. The van der Waals surface area contributed by atoms with E-state index in [9.17, 15) is 25.0 Å². The number of methoxy groups -OCH3 is 1. The van der Waals surface area contributed by atoms with Gasteiger partial charge in [0.15, 0.2) is 11.3 Å². The molecule has 11 heteroatoms. The van der Waals surface area contributed by atoms with E-state index in [1.54, 1.807) is 24.3 Å².